The van der Waals surface area contributed by atoms with Crippen LogP contribution in [-0.4, -0.2) is 22.0 Å². The van der Waals surface area contributed by atoms with Gasteiger partial charge in [-0.1, -0.05) is 17.4 Å². The molecule has 1 aromatic heterocycles. The number of rotatable bonds is 7. The van der Waals surface area contributed by atoms with E-state index in [1.165, 1.54) is 30.3 Å². The van der Waals surface area contributed by atoms with Crippen molar-refractivity contribution in [2.24, 2.45) is 0 Å². The van der Waals surface area contributed by atoms with Crippen LogP contribution in [0.5, 0.6) is 5.75 Å². The largest absolute Gasteiger partial charge is 0.486 e. The highest BCUT2D eigenvalue weighted by molar-refractivity contribution is 7.13. The molecule has 0 fully saturated rings. The van der Waals surface area contributed by atoms with Gasteiger partial charge in [-0.15, -0.1) is 10.2 Å². The molecule has 2 N–H and O–H groups in total. The molecule has 0 saturated heterocycles. The van der Waals surface area contributed by atoms with Crippen LogP contribution in [0.15, 0.2) is 66.7 Å². The van der Waals surface area contributed by atoms with E-state index >= 15 is 0 Å². The number of aryl methyl sites for hydroxylation is 1. The van der Waals surface area contributed by atoms with Gasteiger partial charge in [0.25, 0.3) is 11.8 Å². The number of ether oxygens (including phenoxy) is 1. The Morgan fingerprint density at radius 2 is 1.56 bits per heavy atom. The lowest BCUT2D eigenvalue weighted by atomic mass is 10.2. The summed E-state index contributed by atoms with van der Waals surface area (Å²) in [5.41, 5.74) is 1.68. The molecule has 10 heteroatoms. The van der Waals surface area contributed by atoms with Crippen LogP contribution in [0.1, 0.15) is 30.7 Å². The Hall–Kier alpha value is -4.18. The van der Waals surface area contributed by atoms with Gasteiger partial charge >= 0.3 is 0 Å². The molecule has 0 radical (unpaired) electrons. The molecule has 0 spiro atoms. The Balaban J connectivity index is 1.30. The van der Waals surface area contributed by atoms with Crippen molar-refractivity contribution in [3.8, 4) is 5.75 Å². The molecule has 4 aromatic rings. The van der Waals surface area contributed by atoms with Gasteiger partial charge in [-0.05, 0) is 73.2 Å². The van der Waals surface area contributed by atoms with Crippen molar-refractivity contribution in [2.75, 3.05) is 10.6 Å². The Kier molecular flexibility index (Phi) is 6.88. The number of carbonyl (C=O) groups excluding carboxylic acids is 2. The minimum absolute atomic E-state index is 0.0790. The molecule has 0 unspecified atom stereocenters. The number of anilines is 2. The van der Waals surface area contributed by atoms with Crippen molar-refractivity contribution in [2.45, 2.75) is 13.5 Å². The van der Waals surface area contributed by atoms with Gasteiger partial charge in [0, 0.05) is 16.9 Å². The van der Waals surface area contributed by atoms with Gasteiger partial charge in [0.05, 0.1) is 0 Å². The zero-order valence-corrected chi connectivity index (χ0v) is 18.7. The fourth-order valence-electron chi connectivity index (χ4n) is 2.84. The lowest BCUT2D eigenvalue weighted by Crippen LogP contribution is -2.12. The SMILES string of the molecule is Cc1ccc(NC(=O)c2ccc(OCc3nnc(C(=O)Nc4ccc(F)cc4)s3)cc2)cc1F. The van der Waals surface area contributed by atoms with Crippen molar-refractivity contribution in [3.05, 3.63) is 99.5 Å². The van der Waals surface area contributed by atoms with Crippen LogP contribution in [0, 0.1) is 18.6 Å². The lowest BCUT2D eigenvalue weighted by Gasteiger charge is -2.08. The average molecular weight is 480 g/mol. The van der Waals surface area contributed by atoms with Crippen LogP contribution >= 0.6 is 11.3 Å². The first-order valence-corrected chi connectivity index (χ1v) is 10.9. The highest BCUT2D eigenvalue weighted by Gasteiger charge is 2.14. The summed E-state index contributed by atoms with van der Waals surface area (Å²) in [6.07, 6.45) is 0. The predicted octanol–water partition coefficient (Wildman–Crippen LogP) is 5.21. The smallest absolute Gasteiger partial charge is 0.286 e. The van der Waals surface area contributed by atoms with Crippen LogP contribution in [0.25, 0.3) is 0 Å². The fourth-order valence-corrected chi connectivity index (χ4v) is 3.49. The Bertz CT molecular complexity index is 1330. The summed E-state index contributed by atoms with van der Waals surface area (Å²) in [4.78, 5) is 24.6. The van der Waals surface area contributed by atoms with Gasteiger partial charge in [-0.25, -0.2) is 8.78 Å². The Morgan fingerprint density at radius 3 is 2.26 bits per heavy atom. The number of nitrogens with zero attached hydrogens (tertiary/aromatic N) is 2. The standard InChI is InChI=1S/C24H18F2N4O3S/c1-14-2-7-18(12-20(14)26)28-22(31)15-3-10-19(11-4-15)33-13-21-29-30-24(34-21)23(32)27-17-8-5-16(25)6-9-17/h2-12H,13H2,1H3,(H,27,32)(H,28,31). The van der Waals surface area contributed by atoms with Gasteiger partial charge in [0.15, 0.2) is 5.01 Å². The van der Waals surface area contributed by atoms with E-state index in [-0.39, 0.29) is 17.5 Å². The van der Waals surface area contributed by atoms with E-state index in [1.54, 1.807) is 43.3 Å². The highest BCUT2D eigenvalue weighted by atomic mass is 32.1. The first kappa shape index (κ1) is 23.0. The Labute approximate surface area is 197 Å². The molecule has 0 saturated carbocycles. The summed E-state index contributed by atoms with van der Waals surface area (Å²) < 4.78 is 32.3. The van der Waals surface area contributed by atoms with Crippen molar-refractivity contribution in [3.63, 3.8) is 0 Å². The quantitative estimate of drug-likeness (QED) is 0.379. The van der Waals surface area contributed by atoms with E-state index in [1.807, 2.05) is 0 Å². The molecular formula is C24H18F2N4O3S. The summed E-state index contributed by atoms with van der Waals surface area (Å²) in [5, 5.41) is 13.7. The fraction of sp³-hybridized carbons (Fsp3) is 0.0833. The molecule has 0 atom stereocenters. The first-order chi connectivity index (χ1) is 16.4. The minimum atomic E-state index is -0.459. The van der Waals surface area contributed by atoms with Gasteiger partial charge in [-0.3, -0.25) is 9.59 Å². The molecule has 3 aromatic carbocycles. The van der Waals surface area contributed by atoms with Crippen LogP contribution in [-0.2, 0) is 6.61 Å². The molecule has 2 amide bonds. The molecule has 0 bridgehead atoms. The van der Waals surface area contributed by atoms with Crippen molar-refractivity contribution < 1.29 is 23.1 Å². The van der Waals surface area contributed by atoms with Gasteiger partial charge < -0.3 is 15.4 Å². The van der Waals surface area contributed by atoms with Crippen LogP contribution in [0.3, 0.4) is 0 Å². The van der Waals surface area contributed by atoms with Crippen LogP contribution in [0.2, 0.25) is 0 Å². The number of hydrogen-bond donors (Lipinski definition) is 2. The number of benzene rings is 3. The van der Waals surface area contributed by atoms with Crippen LogP contribution in [0.4, 0.5) is 20.2 Å². The summed E-state index contributed by atoms with van der Waals surface area (Å²) in [6, 6.07) is 16.3. The van der Waals surface area contributed by atoms with E-state index in [0.717, 1.165) is 11.3 Å². The van der Waals surface area contributed by atoms with E-state index in [4.69, 9.17) is 4.74 Å². The Morgan fingerprint density at radius 1 is 0.882 bits per heavy atom. The number of amides is 2. The molecule has 0 aliphatic rings. The number of hydrogen-bond acceptors (Lipinski definition) is 6. The maximum atomic E-state index is 13.7. The molecule has 7 nitrogen and oxygen atoms in total. The van der Waals surface area contributed by atoms with Gasteiger partial charge in [-0.2, -0.15) is 0 Å². The third kappa shape index (κ3) is 5.78. The van der Waals surface area contributed by atoms with Gasteiger partial charge in [0.2, 0.25) is 5.01 Å². The topological polar surface area (TPSA) is 93.2 Å². The van der Waals surface area contributed by atoms with Gasteiger partial charge in [0.1, 0.15) is 24.0 Å². The summed E-state index contributed by atoms with van der Waals surface area (Å²) >= 11 is 1.07. The summed E-state index contributed by atoms with van der Waals surface area (Å²) in [6.45, 7) is 1.72. The molecule has 172 valence electrons. The highest BCUT2D eigenvalue weighted by Crippen LogP contribution is 2.19. The third-order valence-electron chi connectivity index (χ3n) is 4.67. The number of carbonyl (C=O) groups is 2. The summed E-state index contributed by atoms with van der Waals surface area (Å²) in [5.74, 6) is -1.14. The second-order valence-electron chi connectivity index (χ2n) is 7.19. The first-order valence-electron chi connectivity index (χ1n) is 10.1. The average Bonchev–Trinajstić information content (AvgIpc) is 3.31. The lowest BCUT2D eigenvalue weighted by molar-refractivity contribution is 0.101. The number of aromatic nitrogens is 2. The molecular weight excluding hydrogens is 462 g/mol. The molecule has 4 rings (SSSR count). The van der Waals surface area contributed by atoms with Crippen molar-refractivity contribution in [1.82, 2.24) is 10.2 Å². The van der Waals surface area contributed by atoms with E-state index in [9.17, 15) is 18.4 Å². The molecule has 1 heterocycles. The molecule has 34 heavy (non-hydrogen) atoms. The second kappa shape index (κ2) is 10.2. The normalized spacial score (nSPS) is 10.6. The van der Waals surface area contributed by atoms with Crippen molar-refractivity contribution >= 4 is 34.5 Å². The van der Waals surface area contributed by atoms with Crippen LogP contribution < -0.4 is 15.4 Å². The summed E-state index contributed by atoms with van der Waals surface area (Å²) in [7, 11) is 0. The monoisotopic (exact) mass is 480 g/mol. The predicted molar refractivity (Wildman–Crippen MR) is 124 cm³/mol. The zero-order valence-electron chi connectivity index (χ0n) is 17.8. The second-order valence-corrected chi connectivity index (χ2v) is 8.26. The third-order valence-corrected chi connectivity index (χ3v) is 5.57. The number of halogens is 2. The maximum absolute atomic E-state index is 13.7. The van der Waals surface area contributed by atoms with E-state index in [2.05, 4.69) is 20.8 Å². The van der Waals surface area contributed by atoms with E-state index < -0.39 is 17.5 Å². The maximum Gasteiger partial charge on any atom is 0.286 e. The number of nitrogens with one attached hydrogen (secondary N) is 2. The molecule has 0 aliphatic carbocycles. The van der Waals surface area contributed by atoms with E-state index in [0.29, 0.717) is 33.3 Å². The minimum Gasteiger partial charge on any atom is -0.486 e. The zero-order chi connectivity index (χ0) is 24.1. The molecule has 0 aliphatic heterocycles. The van der Waals surface area contributed by atoms with Crippen molar-refractivity contribution in [1.29, 1.82) is 0 Å².